The van der Waals surface area contributed by atoms with Crippen molar-refractivity contribution < 1.29 is 46.5 Å². The number of aryl methyl sites for hydroxylation is 2. The first-order valence-electron chi connectivity index (χ1n) is 16.5. The molecule has 9 nitrogen and oxygen atoms in total. The fourth-order valence-corrected chi connectivity index (χ4v) is 5.30. The van der Waals surface area contributed by atoms with Crippen LogP contribution in [0.15, 0.2) is 66.9 Å². The lowest BCUT2D eigenvalue weighted by atomic mass is 9.88. The van der Waals surface area contributed by atoms with E-state index in [0.717, 1.165) is 37.7 Å². The molecule has 1 N–H and O–H groups in total. The van der Waals surface area contributed by atoms with Crippen molar-refractivity contribution in [2.45, 2.75) is 84.5 Å². The molecule has 2 aromatic carbocycles. The summed E-state index contributed by atoms with van der Waals surface area (Å²) in [4.78, 5) is 42.9. The molecule has 0 spiro atoms. The number of aromatic nitrogens is 1. The van der Waals surface area contributed by atoms with Gasteiger partial charge >= 0.3 is 18.3 Å². The summed E-state index contributed by atoms with van der Waals surface area (Å²) in [6.45, 7) is 5.10. The van der Waals surface area contributed by atoms with Crippen molar-refractivity contribution in [1.29, 1.82) is 0 Å². The molecule has 49 heavy (non-hydrogen) atoms. The molecule has 12 heteroatoms. The molecule has 0 fully saturated rings. The van der Waals surface area contributed by atoms with Gasteiger partial charge in [0.15, 0.2) is 11.4 Å². The monoisotopic (exact) mass is 686 g/mol. The van der Waals surface area contributed by atoms with Crippen LogP contribution in [0.25, 0.3) is 0 Å². The summed E-state index contributed by atoms with van der Waals surface area (Å²) in [5, 5.41) is 2.71. The molecule has 0 bridgehead atoms. The van der Waals surface area contributed by atoms with Gasteiger partial charge in [-0.25, -0.2) is 9.78 Å². The Hall–Kier alpha value is -4.61. The Labute approximate surface area is 285 Å². The van der Waals surface area contributed by atoms with E-state index in [9.17, 15) is 27.6 Å². The maximum atomic E-state index is 13.4. The van der Waals surface area contributed by atoms with Crippen LogP contribution in [-0.2, 0) is 27.2 Å². The number of rotatable bonds is 19. The number of pyridine rings is 1. The minimum atomic E-state index is -4.75. The summed E-state index contributed by atoms with van der Waals surface area (Å²) in [7, 11) is 1.37. The van der Waals surface area contributed by atoms with Gasteiger partial charge in [-0.15, -0.1) is 13.2 Å². The fraction of sp³-hybridized carbons (Fsp3) is 0.459. The van der Waals surface area contributed by atoms with Gasteiger partial charge in [0.2, 0.25) is 5.75 Å². The fourth-order valence-electron chi connectivity index (χ4n) is 5.30. The van der Waals surface area contributed by atoms with E-state index < -0.39 is 36.2 Å². The molecule has 2 atom stereocenters. The highest BCUT2D eigenvalue weighted by atomic mass is 19.4. The topological polar surface area (TPSA) is 113 Å². The summed E-state index contributed by atoms with van der Waals surface area (Å²) in [6.07, 6.45) is 2.37. The third kappa shape index (κ3) is 13.4. The molecule has 1 amide bonds. The number of carbonyl (C=O) groups is 3. The zero-order valence-corrected chi connectivity index (χ0v) is 28.4. The van der Waals surface area contributed by atoms with E-state index in [1.165, 1.54) is 37.1 Å². The lowest BCUT2D eigenvalue weighted by molar-refractivity contribution is -0.274. The zero-order chi connectivity index (χ0) is 35.8. The molecule has 0 radical (unpaired) electrons. The molecular formula is C37H45F3N2O7. The third-order valence-corrected chi connectivity index (χ3v) is 7.88. The van der Waals surface area contributed by atoms with Gasteiger partial charge in [-0.3, -0.25) is 9.59 Å². The van der Waals surface area contributed by atoms with Crippen molar-refractivity contribution in [3.8, 4) is 17.2 Å². The maximum absolute atomic E-state index is 13.4. The Bertz CT molecular complexity index is 1480. The molecule has 0 aliphatic carbocycles. The Kier molecular flexibility index (Phi) is 15.4. The van der Waals surface area contributed by atoms with Crippen LogP contribution in [0, 0.1) is 11.8 Å². The first kappa shape index (κ1) is 38.8. The predicted octanol–water partition coefficient (Wildman–Crippen LogP) is 7.65. The highest BCUT2D eigenvalue weighted by Gasteiger charge is 2.31. The second-order valence-corrected chi connectivity index (χ2v) is 12.0. The van der Waals surface area contributed by atoms with E-state index in [2.05, 4.69) is 27.2 Å². The van der Waals surface area contributed by atoms with E-state index >= 15 is 0 Å². The number of hydrogen-bond acceptors (Lipinski definition) is 8. The van der Waals surface area contributed by atoms with Crippen molar-refractivity contribution >= 4 is 17.8 Å². The lowest BCUT2D eigenvalue weighted by Crippen LogP contribution is -2.42. The van der Waals surface area contributed by atoms with Crippen molar-refractivity contribution in [3.05, 3.63) is 83.7 Å². The molecule has 1 heterocycles. The number of hydrogen-bond donors (Lipinski definition) is 1. The SMILES string of the molecule is CCOC(=O)C(CCCC(CCCc1ccccc1)CCc1ccc(OC(F)(F)F)cc1)NC(=O)c1nccc(OC)c1OC(=O)C(C)C. The number of esters is 2. The van der Waals surface area contributed by atoms with E-state index in [-0.39, 0.29) is 41.9 Å². The Morgan fingerprint density at radius 2 is 1.51 bits per heavy atom. The Morgan fingerprint density at radius 3 is 2.14 bits per heavy atom. The van der Waals surface area contributed by atoms with Crippen molar-refractivity contribution in [2.24, 2.45) is 11.8 Å². The lowest BCUT2D eigenvalue weighted by Gasteiger charge is -2.21. The number of ether oxygens (including phenoxy) is 4. The quantitative estimate of drug-likeness (QED) is 0.128. The minimum Gasteiger partial charge on any atom is -0.493 e. The number of carbonyl (C=O) groups excluding carboxylic acids is 3. The zero-order valence-electron chi connectivity index (χ0n) is 28.4. The van der Waals surface area contributed by atoms with Crippen LogP contribution >= 0.6 is 0 Å². The molecule has 1 aromatic heterocycles. The molecule has 0 aliphatic rings. The van der Waals surface area contributed by atoms with Crippen LogP contribution in [0.2, 0.25) is 0 Å². The van der Waals surface area contributed by atoms with Gasteiger partial charge in [0, 0.05) is 12.3 Å². The molecule has 266 valence electrons. The molecular weight excluding hydrogens is 641 g/mol. The molecule has 0 saturated carbocycles. The van der Waals surface area contributed by atoms with Crippen molar-refractivity contribution in [3.63, 3.8) is 0 Å². The number of methoxy groups -OCH3 is 1. The Morgan fingerprint density at radius 1 is 0.837 bits per heavy atom. The van der Waals surface area contributed by atoms with Crippen molar-refractivity contribution in [2.75, 3.05) is 13.7 Å². The van der Waals surface area contributed by atoms with Gasteiger partial charge in [-0.05, 0) is 68.2 Å². The number of amides is 1. The molecule has 3 aromatic rings. The van der Waals surface area contributed by atoms with Gasteiger partial charge in [0.1, 0.15) is 11.8 Å². The summed E-state index contributed by atoms with van der Waals surface area (Å²) in [5.74, 6) is -2.39. The third-order valence-electron chi connectivity index (χ3n) is 7.88. The summed E-state index contributed by atoms with van der Waals surface area (Å²) in [6, 6.07) is 16.5. The number of halogens is 3. The van der Waals surface area contributed by atoms with Crippen LogP contribution in [-0.4, -0.2) is 49.0 Å². The minimum absolute atomic E-state index is 0.120. The number of nitrogens with zero attached hydrogens (tertiary/aromatic N) is 1. The summed E-state index contributed by atoms with van der Waals surface area (Å²) in [5.41, 5.74) is 1.92. The van der Waals surface area contributed by atoms with Gasteiger partial charge in [0.25, 0.3) is 5.91 Å². The highest BCUT2D eigenvalue weighted by molar-refractivity contribution is 5.98. The molecule has 0 saturated heterocycles. The Balaban J connectivity index is 1.70. The van der Waals surface area contributed by atoms with Crippen LogP contribution in [0.5, 0.6) is 17.2 Å². The van der Waals surface area contributed by atoms with Gasteiger partial charge in [-0.2, -0.15) is 0 Å². The highest BCUT2D eigenvalue weighted by Crippen LogP contribution is 2.31. The standard InChI is InChI=1S/C37H45F3N2O7/c1-5-47-36(45)30(42-34(43)32-33(48-35(44)25(2)3)31(46-4)23-24-41-32)16-10-15-27(14-9-13-26-11-7-6-8-12-26)17-18-28-19-21-29(22-20-28)49-37(38,39)40/h6-8,11-12,19-25,27,30H,5,9-10,13-18H2,1-4H3,(H,42,43). The number of alkyl halides is 3. The first-order valence-corrected chi connectivity index (χ1v) is 16.5. The molecule has 3 rings (SSSR count). The van der Waals surface area contributed by atoms with Gasteiger partial charge in [0.05, 0.1) is 19.6 Å². The second kappa shape index (κ2) is 19.4. The number of nitrogens with one attached hydrogen (secondary N) is 1. The average Bonchev–Trinajstić information content (AvgIpc) is 3.06. The maximum Gasteiger partial charge on any atom is 0.573 e. The summed E-state index contributed by atoms with van der Waals surface area (Å²) >= 11 is 0. The average molecular weight is 687 g/mol. The van der Waals surface area contributed by atoms with E-state index in [4.69, 9.17) is 14.2 Å². The first-order chi connectivity index (χ1) is 23.4. The second-order valence-electron chi connectivity index (χ2n) is 12.0. The largest absolute Gasteiger partial charge is 0.573 e. The van der Waals surface area contributed by atoms with E-state index in [1.54, 1.807) is 32.9 Å². The van der Waals surface area contributed by atoms with Crippen LogP contribution in [0.3, 0.4) is 0 Å². The molecule has 0 aliphatic heterocycles. The number of benzene rings is 2. The van der Waals surface area contributed by atoms with Crippen LogP contribution < -0.4 is 19.5 Å². The van der Waals surface area contributed by atoms with Crippen molar-refractivity contribution in [1.82, 2.24) is 10.3 Å². The van der Waals surface area contributed by atoms with E-state index in [1.807, 2.05) is 18.2 Å². The molecule has 2 unspecified atom stereocenters. The summed E-state index contributed by atoms with van der Waals surface area (Å²) < 4.78 is 57.7. The van der Waals surface area contributed by atoms with Crippen LogP contribution in [0.4, 0.5) is 13.2 Å². The normalized spacial score (nSPS) is 12.6. The van der Waals surface area contributed by atoms with Gasteiger partial charge in [-0.1, -0.05) is 75.6 Å². The van der Waals surface area contributed by atoms with Gasteiger partial charge < -0.3 is 24.3 Å². The van der Waals surface area contributed by atoms with Crippen LogP contribution in [0.1, 0.15) is 80.9 Å². The van der Waals surface area contributed by atoms with E-state index in [0.29, 0.717) is 12.8 Å². The smallest absolute Gasteiger partial charge is 0.493 e. The predicted molar refractivity (Wildman–Crippen MR) is 177 cm³/mol.